The third kappa shape index (κ3) is 3.54. The van der Waals surface area contributed by atoms with Gasteiger partial charge in [-0.15, -0.1) is 22.6 Å². The monoisotopic (exact) mass is 335 g/mol. The number of rotatable bonds is 4. The Kier molecular flexibility index (Phi) is 5.74. The van der Waals surface area contributed by atoms with Gasteiger partial charge in [-0.3, -0.25) is 4.79 Å². The van der Waals surface area contributed by atoms with E-state index in [2.05, 4.69) is 14.8 Å². The molecule has 1 aliphatic heterocycles. The summed E-state index contributed by atoms with van der Waals surface area (Å²) < 4.78 is 2.09. The van der Waals surface area contributed by atoms with E-state index in [-0.39, 0.29) is 18.3 Å². The number of halogens is 1. The van der Waals surface area contributed by atoms with E-state index < -0.39 is 6.04 Å². The summed E-state index contributed by atoms with van der Waals surface area (Å²) in [6.45, 7) is 3.88. The lowest BCUT2D eigenvalue weighted by Crippen LogP contribution is -2.46. The minimum absolute atomic E-state index is 0. The van der Waals surface area contributed by atoms with Crippen LogP contribution in [0.2, 0.25) is 0 Å². The van der Waals surface area contributed by atoms with E-state index in [9.17, 15) is 4.79 Å². The highest BCUT2D eigenvalue weighted by Crippen LogP contribution is 2.21. The highest BCUT2D eigenvalue weighted by molar-refractivity contribution is 5.85. The Morgan fingerprint density at radius 2 is 2.00 bits per heavy atom. The third-order valence-corrected chi connectivity index (χ3v) is 4.01. The van der Waals surface area contributed by atoms with Crippen molar-refractivity contribution in [2.75, 3.05) is 6.54 Å². The molecule has 1 amide bonds. The second-order valence-electron chi connectivity index (χ2n) is 5.61. The topological polar surface area (TPSA) is 77.0 Å². The zero-order chi connectivity index (χ0) is 15.5. The standard InChI is InChI=1S/C16H21N5O.ClH/c1-2-6-13(17)16(22)20-9-10-21-14(11-20)18-19-15(21)12-7-4-3-5-8-12;/h3-5,7-8,13H,2,6,9-11,17H2,1H3;1H. The van der Waals surface area contributed by atoms with Crippen LogP contribution in [0.15, 0.2) is 30.3 Å². The fourth-order valence-electron chi connectivity index (χ4n) is 2.82. The molecule has 0 saturated carbocycles. The largest absolute Gasteiger partial charge is 0.332 e. The quantitative estimate of drug-likeness (QED) is 0.924. The smallest absolute Gasteiger partial charge is 0.239 e. The molecule has 0 aliphatic carbocycles. The van der Waals surface area contributed by atoms with E-state index in [1.165, 1.54) is 0 Å². The lowest BCUT2D eigenvalue weighted by Gasteiger charge is -2.29. The molecular formula is C16H22ClN5O. The Morgan fingerprint density at radius 3 is 2.70 bits per heavy atom. The van der Waals surface area contributed by atoms with Crippen LogP contribution in [0.3, 0.4) is 0 Å². The molecule has 0 fully saturated rings. The van der Waals surface area contributed by atoms with Crippen molar-refractivity contribution in [3.8, 4) is 11.4 Å². The molecule has 1 unspecified atom stereocenters. The summed E-state index contributed by atoms with van der Waals surface area (Å²) >= 11 is 0. The molecule has 0 spiro atoms. The van der Waals surface area contributed by atoms with Gasteiger partial charge in [0.15, 0.2) is 11.6 Å². The van der Waals surface area contributed by atoms with Crippen molar-refractivity contribution in [2.45, 2.75) is 38.9 Å². The molecule has 0 bridgehead atoms. The average Bonchev–Trinajstić information content (AvgIpc) is 2.98. The van der Waals surface area contributed by atoms with E-state index in [0.717, 1.165) is 30.1 Å². The Balaban J connectivity index is 0.00000192. The molecule has 23 heavy (non-hydrogen) atoms. The van der Waals surface area contributed by atoms with Crippen LogP contribution in [0.4, 0.5) is 0 Å². The molecule has 2 heterocycles. The van der Waals surface area contributed by atoms with Gasteiger partial charge in [0.25, 0.3) is 0 Å². The van der Waals surface area contributed by atoms with Gasteiger partial charge in [0.2, 0.25) is 5.91 Å². The average molecular weight is 336 g/mol. The number of amides is 1. The number of fused-ring (bicyclic) bond motifs is 1. The lowest BCUT2D eigenvalue weighted by molar-refractivity contribution is -0.134. The Labute approximate surface area is 142 Å². The number of aromatic nitrogens is 3. The number of hydrogen-bond acceptors (Lipinski definition) is 4. The summed E-state index contributed by atoms with van der Waals surface area (Å²) in [5.74, 6) is 1.69. The SMILES string of the molecule is CCCC(N)C(=O)N1CCn2c(nnc2-c2ccccc2)C1.Cl. The molecule has 0 saturated heterocycles. The van der Waals surface area contributed by atoms with E-state index in [4.69, 9.17) is 5.73 Å². The number of nitrogens with zero attached hydrogens (tertiary/aromatic N) is 4. The number of hydrogen-bond donors (Lipinski definition) is 1. The summed E-state index contributed by atoms with van der Waals surface area (Å²) in [5.41, 5.74) is 6.99. The molecule has 1 aromatic heterocycles. The number of nitrogens with two attached hydrogens (primary N) is 1. The van der Waals surface area contributed by atoms with Crippen LogP contribution in [0.5, 0.6) is 0 Å². The van der Waals surface area contributed by atoms with Gasteiger partial charge in [0, 0.05) is 18.7 Å². The number of carbonyl (C=O) groups is 1. The predicted molar refractivity (Wildman–Crippen MR) is 91.0 cm³/mol. The Morgan fingerprint density at radius 1 is 1.26 bits per heavy atom. The van der Waals surface area contributed by atoms with Crippen LogP contribution in [-0.4, -0.2) is 38.2 Å². The molecule has 2 N–H and O–H groups in total. The number of carbonyl (C=O) groups excluding carboxylic acids is 1. The van der Waals surface area contributed by atoms with Gasteiger partial charge in [0.1, 0.15) is 0 Å². The summed E-state index contributed by atoms with van der Waals surface area (Å²) in [6, 6.07) is 9.58. The molecule has 3 rings (SSSR count). The van der Waals surface area contributed by atoms with Crippen molar-refractivity contribution in [1.29, 1.82) is 0 Å². The molecule has 1 atom stereocenters. The third-order valence-electron chi connectivity index (χ3n) is 4.01. The lowest BCUT2D eigenvalue weighted by atomic mass is 10.1. The van der Waals surface area contributed by atoms with Gasteiger partial charge < -0.3 is 15.2 Å². The summed E-state index contributed by atoms with van der Waals surface area (Å²) in [4.78, 5) is 14.1. The first-order valence-corrected chi connectivity index (χ1v) is 7.72. The first kappa shape index (κ1) is 17.4. The summed E-state index contributed by atoms with van der Waals surface area (Å²) in [6.07, 6.45) is 1.63. The molecule has 1 aliphatic rings. The van der Waals surface area contributed by atoms with Crippen molar-refractivity contribution in [3.63, 3.8) is 0 Å². The normalized spacial score (nSPS) is 14.8. The molecule has 124 valence electrons. The molecule has 6 nitrogen and oxygen atoms in total. The Hall–Kier alpha value is -1.92. The van der Waals surface area contributed by atoms with Gasteiger partial charge in [-0.25, -0.2) is 0 Å². The van der Waals surface area contributed by atoms with Crippen molar-refractivity contribution in [2.24, 2.45) is 5.73 Å². The van der Waals surface area contributed by atoms with Gasteiger partial charge >= 0.3 is 0 Å². The first-order valence-electron chi connectivity index (χ1n) is 7.72. The fraction of sp³-hybridized carbons (Fsp3) is 0.438. The zero-order valence-corrected chi connectivity index (χ0v) is 14.0. The van der Waals surface area contributed by atoms with Crippen molar-refractivity contribution < 1.29 is 4.79 Å². The van der Waals surface area contributed by atoms with Crippen molar-refractivity contribution in [3.05, 3.63) is 36.2 Å². The first-order chi connectivity index (χ1) is 10.7. The second kappa shape index (κ2) is 7.57. The Bertz CT molecular complexity index is 658. The molecule has 7 heteroatoms. The maximum atomic E-state index is 12.3. The van der Waals surface area contributed by atoms with E-state index in [0.29, 0.717) is 19.6 Å². The summed E-state index contributed by atoms with van der Waals surface area (Å²) in [5, 5.41) is 8.54. The van der Waals surface area contributed by atoms with Crippen LogP contribution >= 0.6 is 12.4 Å². The molecular weight excluding hydrogens is 314 g/mol. The predicted octanol–water partition coefficient (Wildman–Crippen LogP) is 1.84. The van der Waals surface area contributed by atoms with Crippen molar-refractivity contribution >= 4 is 18.3 Å². The van der Waals surface area contributed by atoms with E-state index >= 15 is 0 Å². The molecule has 1 aromatic carbocycles. The van der Waals surface area contributed by atoms with Gasteiger partial charge in [-0.2, -0.15) is 0 Å². The van der Waals surface area contributed by atoms with Crippen LogP contribution in [0.25, 0.3) is 11.4 Å². The highest BCUT2D eigenvalue weighted by atomic mass is 35.5. The van der Waals surface area contributed by atoms with Gasteiger partial charge in [-0.05, 0) is 6.42 Å². The van der Waals surface area contributed by atoms with Crippen LogP contribution in [-0.2, 0) is 17.9 Å². The van der Waals surface area contributed by atoms with Gasteiger partial charge in [0.05, 0.1) is 12.6 Å². The van der Waals surface area contributed by atoms with E-state index in [1.807, 2.05) is 37.3 Å². The highest BCUT2D eigenvalue weighted by Gasteiger charge is 2.27. The van der Waals surface area contributed by atoms with Gasteiger partial charge in [-0.1, -0.05) is 43.7 Å². The number of benzene rings is 1. The van der Waals surface area contributed by atoms with Crippen LogP contribution < -0.4 is 5.73 Å². The molecule has 0 radical (unpaired) electrons. The van der Waals surface area contributed by atoms with Crippen molar-refractivity contribution in [1.82, 2.24) is 19.7 Å². The maximum Gasteiger partial charge on any atom is 0.239 e. The molecule has 2 aromatic rings. The maximum absolute atomic E-state index is 12.3. The minimum Gasteiger partial charge on any atom is -0.332 e. The van der Waals surface area contributed by atoms with Crippen LogP contribution in [0, 0.1) is 0 Å². The summed E-state index contributed by atoms with van der Waals surface area (Å²) in [7, 11) is 0. The fourth-order valence-corrected chi connectivity index (χ4v) is 2.82. The minimum atomic E-state index is -0.409. The van der Waals surface area contributed by atoms with Crippen LogP contribution in [0.1, 0.15) is 25.6 Å². The second-order valence-corrected chi connectivity index (χ2v) is 5.61. The zero-order valence-electron chi connectivity index (χ0n) is 13.2. The van der Waals surface area contributed by atoms with E-state index in [1.54, 1.807) is 4.90 Å².